The first-order valence-electron chi connectivity index (χ1n) is 17.4. The summed E-state index contributed by atoms with van der Waals surface area (Å²) in [6, 6.07) is 20.0. The molecular weight excluding hydrogens is 711 g/mol. The van der Waals surface area contributed by atoms with Crippen molar-refractivity contribution in [3.05, 3.63) is 106 Å². The number of rotatable bonds is 12. The van der Waals surface area contributed by atoms with Gasteiger partial charge >= 0.3 is 5.97 Å². The summed E-state index contributed by atoms with van der Waals surface area (Å²) in [6.07, 6.45) is 4.05. The topological polar surface area (TPSA) is 143 Å². The Bertz CT molecular complexity index is 2020. The van der Waals surface area contributed by atoms with Crippen LogP contribution in [-0.2, 0) is 27.2 Å². The summed E-state index contributed by atoms with van der Waals surface area (Å²) >= 11 is 2.76. The van der Waals surface area contributed by atoms with Crippen LogP contribution in [0.2, 0.25) is 0 Å². The summed E-state index contributed by atoms with van der Waals surface area (Å²) in [4.78, 5) is 55.4. The summed E-state index contributed by atoms with van der Waals surface area (Å²) in [7, 11) is 1.44. The quantitative estimate of drug-likeness (QED) is 0.0643. The highest BCUT2D eigenvalue weighted by Crippen LogP contribution is 2.45. The van der Waals surface area contributed by atoms with E-state index in [0.29, 0.717) is 43.9 Å². The van der Waals surface area contributed by atoms with Crippen LogP contribution < -0.4 is 20.7 Å². The van der Waals surface area contributed by atoms with Crippen LogP contribution in [0.1, 0.15) is 77.8 Å². The van der Waals surface area contributed by atoms with Crippen LogP contribution in [0, 0.1) is 11.3 Å². The number of amides is 3. The molecular formula is C41H45N3O7S2. The molecule has 2 atom stereocenters. The number of methoxy groups -OCH3 is 1. The fraction of sp³-hybridized carbons (Fsp3) is 0.317. The third-order valence-corrected chi connectivity index (χ3v) is 11.3. The van der Waals surface area contributed by atoms with Crippen molar-refractivity contribution in [2.75, 3.05) is 24.4 Å². The number of hydrogen-bond donors (Lipinski definition) is 4. The fourth-order valence-electron chi connectivity index (χ4n) is 6.07. The van der Waals surface area contributed by atoms with E-state index in [1.165, 1.54) is 48.4 Å². The van der Waals surface area contributed by atoms with E-state index in [1.54, 1.807) is 68.4 Å². The Labute approximate surface area is 318 Å². The molecule has 5 rings (SSSR count). The zero-order valence-electron chi connectivity index (χ0n) is 30.7. The smallest absolute Gasteiger partial charge is 0.341 e. The Morgan fingerprint density at radius 2 is 1.77 bits per heavy atom. The van der Waals surface area contributed by atoms with Gasteiger partial charge in [0.1, 0.15) is 22.2 Å². The van der Waals surface area contributed by atoms with Gasteiger partial charge in [-0.05, 0) is 98.5 Å². The number of phenolic OH excluding ortho intramolecular Hbond substituents is 1. The molecule has 3 amide bonds. The van der Waals surface area contributed by atoms with Crippen LogP contribution in [0.4, 0.5) is 10.7 Å². The lowest BCUT2D eigenvalue weighted by Crippen LogP contribution is -2.30. The first kappa shape index (κ1) is 39.1. The second-order valence-electron chi connectivity index (χ2n) is 13.8. The molecule has 1 aliphatic carbocycles. The second kappa shape index (κ2) is 17.2. The summed E-state index contributed by atoms with van der Waals surface area (Å²) in [5, 5.41) is 18.5. The number of aromatic hydroxyl groups is 1. The minimum atomic E-state index is -0.598. The molecule has 12 heteroatoms. The van der Waals surface area contributed by atoms with E-state index in [1.807, 2.05) is 6.07 Å². The number of carbonyl (C=O) groups excluding carboxylic acids is 4. The highest BCUT2D eigenvalue weighted by atomic mass is 32.2. The molecule has 0 aliphatic heterocycles. The number of thiophene rings is 1. The molecule has 0 spiro atoms. The van der Waals surface area contributed by atoms with Gasteiger partial charge in [-0.2, -0.15) is 0 Å². The molecule has 4 N–H and O–H groups in total. The average molecular weight is 756 g/mol. The molecule has 1 aromatic heterocycles. The molecule has 10 nitrogen and oxygen atoms in total. The van der Waals surface area contributed by atoms with Gasteiger partial charge in [-0.1, -0.05) is 45.0 Å². The lowest BCUT2D eigenvalue weighted by atomic mass is 9.72. The Balaban J connectivity index is 1.32. The number of esters is 1. The van der Waals surface area contributed by atoms with Gasteiger partial charge in [-0.3, -0.25) is 14.4 Å². The predicted octanol–water partition coefficient (Wildman–Crippen LogP) is 8.32. The number of carbonyl (C=O) groups is 4. The number of nitrogens with one attached hydrogen (secondary N) is 3. The molecule has 0 saturated carbocycles. The fourth-order valence-corrected chi connectivity index (χ4v) is 8.31. The average Bonchev–Trinajstić information content (AvgIpc) is 3.49. The van der Waals surface area contributed by atoms with E-state index in [9.17, 15) is 24.3 Å². The van der Waals surface area contributed by atoms with Gasteiger partial charge in [0.15, 0.2) is 0 Å². The highest BCUT2D eigenvalue weighted by molar-refractivity contribution is 8.00. The molecule has 1 aliphatic rings. The van der Waals surface area contributed by atoms with E-state index >= 15 is 0 Å². The third-order valence-electron chi connectivity index (χ3n) is 9.03. The van der Waals surface area contributed by atoms with Gasteiger partial charge in [0, 0.05) is 32.7 Å². The largest absolute Gasteiger partial charge is 0.508 e. The number of fused-ring (bicyclic) bond motifs is 1. The van der Waals surface area contributed by atoms with E-state index in [2.05, 4.69) is 36.7 Å². The molecule has 278 valence electrons. The molecule has 3 aromatic carbocycles. The van der Waals surface area contributed by atoms with Crippen molar-refractivity contribution < 1.29 is 33.8 Å². The minimum absolute atomic E-state index is 0.0151. The first-order valence-corrected chi connectivity index (χ1v) is 19.1. The summed E-state index contributed by atoms with van der Waals surface area (Å²) < 4.78 is 10.8. The van der Waals surface area contributed by atoms with Gasteiger partial charge < -0.3 is 30.5 Å². The Morgan fingerprint density at radius 1 is 1.02 bits per heavy atom. The van der Waals surface area contributed by atoms with Crippen LogP contribution in [0.25, 0.3) is 6.08 Å². The van der Waals surface area contributed by atoms with Gasteiger partial charge in [0.2, 0.25) is 5.91 Å². The number of thioether (sulfide) groups is 1. The number of benzene rings is 3. The van der Waals surface area contributed by atoms with Crippen molar-refractivity contribution in [1.82, 2.24) is 5.32 Å². The van der Waals surface area contributed by atoms with Gasteiger partial charge in [-0.15, -0.1) is 23.1 Å². The molecule has 0 saturated heterocycles. The van der Waals surface area contributed by atoms with E-state index in [-0.39, 0.29) is 29.4 Å². The summed E-state index contributed by atoms with van der Waals surface area (Å²) in [5.74, 6) is -1.01. The maximum absolute atomic E-state index is 13.7. The normalized spacial score (nSPS) is 14.8. The van der Waals surface area contributed by atoms with Crippen LogP contribution in [0.5, 0.6) is 11.5 Å². The number of anilines is 2. The maximum Gasteiger partial charge on any atom is 0.341 e. The Kier molecular flexibility index (Phi) is 12.7. The lowest BCUT2D eigenvalue weighted by Gasteiger charge is -2.33. The van der Waals surface area contributed by atoms with Gasteiger partial charge in [-0.25, -0.2) is 4.79 Å². The molecule has 0 fully saturated rings. The van der Waals surface area contributed by atoms with Gasteiger partial charge in [0.25, 0.3) is 11.8 Å². The zero-order valence-corrected chi connectivity index (χ0v) is 32.3. The molecule has 53 heavy (non-hydrogen) atoms. The van der Waals surface area contributed by atoms with Crippen LogP contribution in [0.15, 0.2) is 83.4 Å². The van der Waals surface area contributed by atoms with Crippen molar-refractivity contribution >= 4 is 63.6 Å². The zero-order chi connectivity index (χ0) is 38.3. The van der Waals surface area contributed by atoms with Crippen LogP contribution >= 0.6 is 23.1 Å². The number of ether oxygens (including phenoxy) is 2. The monoisotopic (exact) mass is 755 g/mol. The lowest BCUT2D eigenvalue weighted by molar-refractivity contribution is -0.115. The van der Waals surface area contributed by atoms with E-state index < -0.39 is 23.0 Å². The molecule has 0 radical (unpaired) electrons. The Hall–Kier alpha value is -5.07. The molecule has 0 bridgehead atoms. The minimum Gasteiger partial charge on any atom is -0.508 e. The van der Waals surface area contributed by atoms with E-state index in [4.69, 9.17) is 9.47 Å². The van der Waals surface area contributed by atoms with Crippen molar-refractivity contribution in [2.24, 2.45) is 11.3 Å². The number of phenols is 1. The van der Waals surface area contributed by atoms with Crippen molar-refractivity contribution in [2.45, 2.75) is 64.0 Å². The van der Waals surface area contributed by atoms with Crippen LogP contribution in [-0.4, -0.2) is 47.8 Å². The highest BCUT2D eigenvalue weighted by Gasteiger charge is 2.35. The molecule has 1 heterocycles. The summed E-state index contributed by atoms with van der Waals surface area (Å²) in [5.41, 5.74) is 2.77. The SMILES string of the molecule is CCOC(=O)c1c(NC(=O)C(C)Sc2cccc(NC(=O)/C(=C\c3ccc(O)cc3OC)NC(=O)c3ccccc3)c2)sc2c1CCC(C(C)(C)C)C2. The first-order chi connectivity index (χ1) is 25.3. The van der Waals surface area contributed by atoms with Crippen LogP contribution in [0.3, 0.4) is 0 Å². The van der Waals surface area contributed by atoms with Crippen molar-refractivity contribution in [3.8, 4) is 11.5 Å². The number of hydrogen-bond acceptors (Lipinski definition) is 9. The third kappa shape index (κ3) is 9.88. The molecule has 2 unspecified atom stereocenters. The molecule has 4 aromatic rings. The van der Waals surface area contributed by atoms with Crippen molar-refractivity contribution in [1.29, 1.82) is 0 Å². The summed E-state index contributed by atoms with van der Waals surface area (Å²) in [6.45, 7) is 10.5. The van der Waals surface area contributed by atoms with Gasteiger partial charge in [0.05, 0.1) is 24.5 Å². The maximum atomic E-state index is 13.7. The Morgan fingerprint density at radius 3 is 2.47 bits per heavy atom. The van der Waals surface area contributed by atoms with Crippen molar-refractivity contribution in [3.63, 3.8) is 0 Å². The second-order valence-corrected chi connectivity index (χ2v) is 16.3. The standard InChI is InChI=1S/C41H45N3O7S2/c1-7-51-40(49)35-31-19-17-27(41(3,4)5)21-34(31)53-39(35)44-36(46)24(2)52-30-15-11-14-28(22-30)42-38(48)32(43-37(47)25-12-9-8-10-13-25)20-26-16-18-29(45)23-33(26)50-6/h8-16,18,20,22-24,27,45H,7,17,19,21H2,1-6H3,(H,42,48)(H,43,47)(H,44,46)/b32-20+. The predicted molar refractivity (Wildman–Crippen MR) is 211 cm³/mol. The van der Waals surface area contributed by atoms with E-state index in [0.717, 1.165) is 29.7 Å².